The molecule has 3 unspecified atom stereocenters. The highest BCUT2D eigenvalue weighted by atomic mass is 16.6. The van der Waals surface area contributed by atoms with E-state index in [0.717, 1.165) is 12.8 Å². The third-order valence-electron chi connectivity index (χ3n) is 5.69. The van der Waals surface area contributed by atoms with Gasteiger partial charge in [-0.15, -0.1) is 0 Å². The Balaban J connectivity index is 2.44. The van der Waals surface area contributed by atoms with E-state index in [1.165, 1.54) is 17.0 Å². The molecule has 0 aromatic heterocycles. The predicted octanol–water partition coefficient (Wildman–Crippen LogP) is 2.89. The second-order valence-corrected chi connectivity index (χ2v) is 10.4. The summed E-state index contributed by atoms with van der Waals surface area (Å²) in [5.74, 6) is -1.55. The Morgan fingerprint density at radius 2 is 1.83 bits per heavy atom. The number of hydrogen-bond acceptors (Lipinski definition) is 6. The molecule has 1 aliphatic rings. The summed E-state index contributed by atoms with van der Waals surface area (Å²) in [6, 6.07) is 3.72. The molecule has 0 spiro atoms. The van der Waals surface area contributed by atoms with Gasteiger partial charge in [0.1, 0.15) is 23.4 Å². The Morgan fingerprint density at radius 1 is 1.17 bits per heavy atom. The van der Waals surface area contributed by atoms with Gasteiger partial charge in [-0.2, -0.15) is 0 Å². The van der Waals surface area contributed by atoms with Crippen molar-refractivity contribution >= 4 is 23.8 Å². The standard InChI is InChI=1S/C26H40N4O6/c1-6-8-16(2)28-23(33)22(17-9-7-10-19(31)15-17)30(18-11-12-18)24(34)20(13-14-21(27)32)29-25(35)36-26(3,4)5/h7,9-10,15-16,18,20,22,31H,6,8,11-14H2,1-5H3,(H2,27,32)(H,28,33)(H,29,35). The van der Waals surface area contributed by atoms with Crippen LogP contribution in [0.1, 0.15) is 84.7 Å². The molecule has 3 atom stereocenters. The number of carbonyl (C=O) groups excluding carboxylic acids is 4. The largest absolute Gasteiger partial charge is 0.508 e. The molecule has 1 saturated carbocycles. The molecule has 200 valence electrons. The topological polar surface area (TPSA) is 151 Å². The van der Waals surface area contributed by atoms with Gasteiger partial charge in [0.25, 0.3) is 0 Å². The summed E-state index contributed by atoms with van der Waals surface area (Å²) in [5, 5.41) is 15.7. The zero-order valence-electron chi connectivity index (χ0n) is 21.9. The zero-order chi connectivity index (χ0) is 27.0. The summed E-state index contributed by atoms with van der Waals surface area (Å²) in [7, 11) is 0. The van der Waals surface area contributed by atoms with E-state index in [9.17, 15) is 24.3 Å². The van der Waals surface area contributed by atoms with Crippen LogP contribution in [0.25, 0.3) is 0 Å². The van der Waals surface area contributed by atoms with Crippen LogP contribution in [0, 0.1) is 0 Å². The molecule has 10 heteroatoms. The number of carbonyl (C=O) groups is 4. The Kier molecular flexibility index (Phi) is 10.1. The molecular formula is C26H40N4O6. The van der Waals surface area contributed by atoms with Gasteiger partial charge < -0.3 is 31.1 Å². The molecule has 2 rings (SSSR count). The number of amides is 4. The molecular weight excluding hydrogens is 464 g/mol. The van der Waals surface area contributed by atoms with Gasteiger partial charge in [-0.05, 0) is 71.1 Å². The molecule has 36 heavy (non-hydrogen) atoms. The molecule has 0 bridgehead atoms. The van der Waals surface area contributed by atoms with Crippen LogP contribution in [0.15, 0.2) is 24.3 Å². The number of ether oxygens (including phenoxy) is 1. The lowest BCUT2D eigenvalue weighted by atomic mass is 10.0. The number of alkyl carbamates (subject to hydrolysis) is 1. The van der Waals surface area contributed by atoms with Crippen molar-refractivity contribution in [3.05, 3.63) is 29.8 Å². The SMILES string of the molecule is CCCC(C)NC(=O)C(c1cccc(O)c1)N(C(=O)C(CCC(N)=O)NC(=O)OC(C)(C)C)C1CC1. The second-order valence-electron chi connectivity index (χ2n) is 10.4. The van der Waals surface area contributed by atoms with Gasteiger partial charge in [0.05, 0.1) is 0 Å². The highest BCUT2D eigenvalue weighted by Crippen LogP contribution is 2.36. The van der Waals surface area contributed by atoms with Gasteiger partial charge in [0.2, 0.25) is 17.7 Å². The number of rotatable bonds is 12. The lowest BCUT2D eigenvalue weighted by Gasteiger charge is -2.35. The first-order chi connectivity index (χ1) is 16.8. The van der Waals surface area contributed by atoms with Crippen LogP contribution >= 0.6 is 0 Å². The third kappa shape index (κ3) is 9.05. The monoisotopic (exact) mass is 504 g/mol. The van der Waals surface area contributed by atoms with Crippen molar-refractivity contribution in [2.75, 3.05) is 0 Å². The number of phenols is 1. The van der Waals surface area contributed by atoms with Crippen LogP contribution < -0.4 is 16.4 Å². The Bertz CT molecular complexity index is 941. The van der Waals surface area contributed by atoms with Gasteiger partial charge in [-0.25, -0.2) is 4.79 Å². The molecule has 5 N–H and O–H groups in total. The van der Waals surface area contributed by atoms with Crippen molar-refractivity contribution in [2.45, 2.75) is 103 Å². The first kappa shape index (κ1) is 28.9. The van der Waals surface area contributed by atoms with Crippen molar-refractivity contribution in [1.82, 2.24) is 15.5 Å². The van der Waals surface area contributed by atoms with E-state index in [1.807, 2.05) is 13.8 Å². The van der Waals surface area contributed by atoms with E-state index in [1.54, 1.807) is 32.9 Å². The normalized spacial score (nSPS) is 15.8. The maximum Gasteiger partial charge on any atom is 0.408 e. The highest BCUT2D eigenvalue weighted by molar-refractivity contribution is 5.93. The molecule has 0 saturated heterocycles. The number of aromatic hydroxyl groups is 1. The summed E-state index contributed by atoms with van der Waals surface area (Å²) in [6.45, 7) is 9.00. The van der Waals surface area contributed by atoms with Crippen molar-refractivity contribution in [1.29, 1.82) is 0 Å². The summed E-state index contributed by atoms with van der Waals surface area (Å²) < 4.78 is 5.32. The average molecular weight is 505 g/mol. The molecule has 4 amide bonds. The van der Waals surface area contributed by atoms with Crippen LogP contribution in [0.3, 0.4) is 0 Å². The van der Waals surface area contributed by atoms with Gasteiger partial charge in [-0.1, -0.05) is 25.5 Å². The van der Waals surface area contributed by atoms with Gasteiger partial charge in [-0.3, -0.25) is 14.4 Å². The third-order valence-corrected chi connectivity index (χ3v) is 5.69. The fraction of sp³-hybridized carbons (Fsp3) is 0.615. The molecule has 1 aromatic rings. The molecule has 0 heterocycles. The smallest absolute Gasteiger partial charge is 0.408 e. The zero-order valence-corrected chi connectivity index (χ0v) is 21.9. The Labute approximate surface area is 212 Å². The second kappa shape index (κ2) is 12.6. The number of nitrogens with zero attached hydrogens (tertiary/aromatic N) is 1. The number of benzene rings is 1. The summed E-state index contributed by atoms with van der Waals surface area (Å²) in [4.78, 5) is 53.0. The lowest BCUT2D eigenvalue weighted by Crippen LogP contribution is -2.54. The van der Waals surface area contributed by atoms with E-state index < -0.39 is 35.6 Å². The quantitative estimate of drug-likeness (QED) is 0.344. The van der Waals surface area contributed by atoms with Crippen LogP contribution in [-0.2, 0) is 19.1 Å². The molecule has 1 aliphatic carbocycles. The highest BCUT2D eigenvalue weighted by Gasteiger charge is 2.44. The van der Waals surface area contributed by atoms with Crippen LogP contribution in [0.2, 0.25) is 0 Å². The van der Waals surface area contributed by atoms with E-state index in [0.29, 0.717) is 18.4 Å². The fourth-order valence-corrected chi connectivity index (χ4v) is 4.00. The summed E-state index contributed by atoms with van der Waals surface area (Å²) in [5.41, 5.74) is 4.97. The number of primary amides is 1. The van der Waals surface area contributed by atoms with E-state index in [-0.39, 0.29) is 36.6 Å². The minimum Gasteiger partial charge on any atom is -0.508 e. The molecule has 1 fully saturated rings. The average Bonchev–Trinajstić information content (AvgIpc) is 3.58. The summed E-state index contributed by atoms with van der Waals surface area (Å²) >= 11 is 0. The number of hydrogen-bond donors (Lipinski definition) is 4. The van der Waals surface area contributed by atoms with Gasteiger partial charge >= 0.3 is 6.09 Å². The summed E-state index contributed by atoms with van der Waals surface area (Å²) in [6.07, 6.45) is 2.02. The molecule has 0 aliphatic heterocycles. The molecule has 10 nitrogen and oxygen atoms in total. The van der Waals surface area contributed by atoms with Crippen molar-refractivity contribution < 1.29 is 29.0 Å². The number of nitrogens with one attached hydrogen (secondary N) is 2. The van der Waals surface area contributed by atoms with Crippen molar-refractivity contribution in [3.8, 4) is 5.75 Å². The molecule has 1 aromatic carbocycles. The lowest BCUT2D eigenvalue weighted by molar-refractivity contribution is -0.143. The molecule has 0 radical (unpaired) electrons. The fourth-order valence-electron chi connectivity index (χ4n) is 4.00. The van der Waals surface area contributed by atoms with Crippen LogP contribution in [0.5, 0.6) is 5.75 Å². The predicted molar refractivity (Wildman–Crippen MR) is 135 cm³/mol. The van der Waals surface area contributed by atoms with Gasteiger partial charge in [0, 0.05) is 18.5 Å². The van der Waals surface area contributed by atoms with Crippen molar-refractivity contribution in [3.63, 3.8) is 0 Å². The minimum atomic E-state index is -1.13. The first-order valence-electron chi connectivity index (χ1n) is 12.5. The van der Waals surface area contributed by atoms with E-state index in [2.05, 4.69) is 10.6 Å². The van der Waals surface area contributed by atoms with E-state index >= 15 is 0 Å². The van der Waals surface area contributed by atoms with Gasteiger partial charge in [0.15, 0.2) is 0 Å². The Hall–Kier alpha value is -3.30. The number of nitrogens with two attached hydrogens (primary N) is 1. The first-order valence-corrected chi connectivity index (χ1v) is 12.5. The maximum absolute atomic E-state index is 13.9. The van der Waals surface area contributed by atoms with E-state index in [4.69, 9.17) is 10.5 Å². The van der Waals surface area contributed by atoms with Crippen molar-refractivity contribution in [2.24, 2.45) is 5.73 Å². The van der Waals surface area contributed by atoms with Crippen LogP contribution in [0.4, 0.5) is 4.79 Å². The minimum absolute atomic E-state index is 0.0349. The Morgan fingerprint density at radius 3 is 2.36 bits per heavy atom. The van der Waals surface area contributed by atoms with Crippen LogP contribution in [-0.4, -0.2) is 57.5 Å². The maximum atomic E-state index is 13.9. The number of phenolic OH excluding ortho intramolecular Hbond substituents is 1.